The summed E-state index contributed by atoms with van der Waals surface area (Å²) in [6.45, 7) is 9.34. The molecule has 0 aliphatic carbocycles. The van der Waals surface area contributed by atoms with Crippen LogP contribution in [-0.2, 0) is 4.79 Å². The summed E-state index contributed by atoms with van der Waals surface area (Å²) in [6.07, 6.45) is 2.72. The monoisotopic (exact) mass is 377 g/mol. The number of benzene rings is 1. The number of halogens is 1. The van der Waals surface area contributed by atoms with Gasteiger partial charge in [0.05, 0.1) is 6.04 Å². The van der Waals surface area contributed by atoms with Gasteiger partial charge in [-0.05, 0) is 58.4 Å². The molecule has 0 radical (unpaired) electrons. The Kier molecular flexibility index (Phi) is 7.23. The molecule has 142 valence electrons. The van der Waals surface area contributed by atoms with Crippen molar-refractivity contribution in [2.24, 2.45) is 0 Å². The minimum absolute atomic E-state index is 0.0189. The lowest BCUT2D eigenvalue weighted by Crippen LogP contribution is -2.45. The molecule has 1 aliphatic heterocycles. The number of nitrogens with zero attached hydrogens (tertiary/aromatic N) is 1. The normalized spacial score (nSPS) is 20.1. The number of likely N-dealkylation sites (tertiary alicyclic amines) is 1. The number of nitrogens with one attached hydrogen (secondary N) is 2. The Morgan fingerprint density at radius 3 is 2.50 bits per heavy atom. The van der Waals surface area contributed by atoms with E-state index in [0.717, 1.165) is 0 Å². The number of hydrogen-bond donors (Lipinski definition) is 2. The maximum atomic E-state index is 12.5. The summed E-state index contributed by atoms with van der Waals surface area (Å²) in [5.74, 6) is -0.121. The standard InChI is InChI=1S/C20H28ClN3O2/c1-13(2)9-10-24-12-17(11-18(24)20(26)22-14(3)4)23-19(25)15-5-7-16(21)8-6-15/h5-9,14,17-18H,10-12H2,1-4H3,(H,22,26)(H,23,25). The van der Waals surface area contributed by atoms with Gasteiger partial charge in [0.2, 0.25) is 5.91 Å². The van der Waals surface area contributed by atoms with Gasteiger partial charge < -0.3 is 10.6 Å². The van der Waals surface area contributed by atoms with Crippen LogP contribution in [0.15, 0.2) is 35.9 Å². The molecular formula is C20H28ClN3O2. The van der Waals surface area contributed by atoms with Crippen LogP contribution in [0.3, 0.4) is 0 Å². The molecule has 0 aromatic heterocycles. The van der Waals surface area contributed by atoms with Crippen LogP contribution in [0, 0.1) is 0 Å². The van der Waals surface area contributed by atoms with Crippen molar-refractivity contribution in [1.29, 1.82) is 0 Å². The molecule has 6 heteroatoms. The molecule has 0 spiro atoms. The summed E-state index contributed by atoms with van der Waals surface area (Å²) in [7, 11) is 0. The van der Waals surface area contributed by atoms with Gasteiger partial charge >= 0.3 is 0 Å². The number of carbonyl (C=O) groups is 2. The first-order chi connectivity index (χ1) is 12.3. The minimum atomic E-state index is -0.233. The molecule has 2 rings (SSSR count). The van der Waals surface area contributed by atoms with Crippen molar-refractivity contribution in [3.63, 3.8) is 0 Å². The molecule has 1 aromatic carbocycles. The molecule has 1 saturated heterocycles. The van der Waals surface area contributed by atoms with Gasteiger partial charge in [-0.3, -0.25) is 14.5 Å². The number of amides is 2. The Hall–Kier alpha value is -1.85. The summed E-state index contributed by atoms with van der Waals surface area (Å²) in [4.78, 5) is 27.1. The van der Waals surface area contributed by atoms with Gasteiger partial charge in [-0.1, -0.05) is 23.3 Å². The highest BCUT2D eigenvalue weighted by Gasteiger charge is 2.37. The van der Waals surface area contributed by atoms with E-state index in [-0.39, 0.29) is 29.9 Å². The van der Waals surface area contributed by atoms with E-state index in [1.165, 1.54) is 5.57 Å². The number of rotatable bonds is 6. The van der Waals surface area contributed by atoms with Crippen molar-refractivity contribution < 1.29 is 9.59 Å². The Morgan fingerprint density at radius 2 is 1.92 bits per heavy atom. The van der Waals surface area contributed by atoms with Crippen LogP contribution in [0.2, 0.25) is 5.02 Å². The molecule has 2 unspecified atom stereocenters. The molecule has 1 heterocycles. The van der Waals surface area contributed by atoms with E-state index in [4.69, 9.17) is 11.6 Å². The van der Waals surface area contributed by atoms with Gasteiger partial charge in [0, 0.05) is 35.8 Å². The van der Waals surface area contributed by atoms with Gasteiger partial charge in [0.25, 0.3) is 5.91 Å². The Balaban J connectivity index is 2.05. The van der Waals surface area contributed by atoms with E-state index in [1.54, 1.807) is 24.3 Å². The van der Waals surface area contributed by atoms with Crippen LogP contribution in [-0.4, -0.2) is 47.9 Å². The predicted molar refractivity (Wildman–Crippen MR) is 105 cm³/mol. The van der Waals surface area contributed by atoms with E-state index in [1.807, 2.05) is 27.7 Å². The van der Waals surface area contributed by atoms with E-state index in [9.17, 15) is 9.59 Å². The van der Waals surface area contributed by atoms with Crippen LogP contribution < -0.4 is 10.6 Å². The maximum Gasteiger partial charge on any atom is 0.251 e. The summed E-state index contributed by atoms with van der Waals surface area (Å²) in [6, 6.07) is 6.61. The molecule has 1 fully saturated rings. The lowest BCUT2D eigenvalue weighted by atomic mass is 10.1. The summed E-state index contributed by atoms with van der Waals surface area (Å²) < 4.78 is 0. The molecule has 5 nitrogen and oxygen atoms in total. The minimum Gasteiger partial charge on any atom is -0.353 e. The lowest BCUT2D eigenvalue weighted by molar-refractivity contribution is -0.125. The van der Waals surface area contributed by atoms with Crippen LogP contribution in [0.4, 0.5) is 0 Å². The third kappa shape index (κ3) is 5.85. The zero-order valence-electron chi connectivity index (χ0n) is 15.9. The van der Waals surface area contributed by atoms with Crippen molar-refractivity contribution in [3.05, 3.63) is 46.5 Å². The smallest absolute Gasteiger partial charge is 0.251 e. The molecule has 1 aromatic rings. The number of hydrogen-bond acceptors (Lipinski definition) is 3. The van der Waals surface area contributed by atoms with Gasteiger partial charge in [0.1, 0.15) is 0 Å². The molecule has 2 amide bonds. The Bertz CT molecular complexity index is 666. The summed E-state index contributed by atoms with van der Waals surface area (Å²) in [5, 5.41) is 6.63. The quantitative estimate of drug-likeness (QED) is 0.749. The van der Waals surface area contributed by atoms with E-state index in [2.05, 4.69) is 21.6 Å². The SMILES string of the molecule is CC(C)=CCN1CC(NC(=O)c2ccc(Cl)cc2)CC1C(=O)NC(C)C. The van der Waals surface area contributed by atoms with Crippen molar-refractivity contribution in [3.8, 4) is 0 Å². The fourth-order valence-corrected chi connectivity index (χ4v) is 3.16. The number of allylic oxidation sites excluding steroid dienone is 1. The zero-order valence-corrected chi connectivity index (χ0v) is 16.6. The molecule has 2 N–H and O–H groups in total. The third-order valence-corrected chi connectivity index (χ3v) is 4.56. The highest BCUT2D eigenvalue weighted by atomic mass is 35.5. The zero-order chi connectivity index (χ0) is 19.3. The molecule has 1 aliphatic rings. The average Bonchev–Trinajstić information content (AvgIpc) is 2.95. The van der Waals surface area contributed by atoms with Gasteiger partial charge in [-0.15, -0.1) is 0 Å². The topological polar surface area (TPSA) is 61.4 Å². The Morgan fingerprint density at radius 1 is 1.27 bits per heavy atom. The fourth-order valence-electron chi connectivity index (χ4n) is 3.03. The second-order valence-electron chi connectivity index (χ2n) is 7.33. The van der Waals surface area contributed by atoms with Gasteiger partial charge in [-0.25, -0.2) is 0 Å². The van der Waals surface area contributed by atoms with Crippen LogP contribution in [0.1, 0.15) is 44.5 Å². The second kappa shape index (κ2) is 9.19. The Labute approximate surface area is 160 Å². The van der Waals surface area contributed by atoms with Crippen LogP contribution in [0.25, 0.3) is 0 Å². The van der Waals surface area contributed by atoms with E-state index >= 15 is 0 Å². The lowest BCUT2D eigenvalue weighted by Gasteiger charge is -2.23. The largest absolute Gasteiger partial charge is 0.353 e. The van der Waals surface area contributed by atoms with Crippen LogP contribution in [0.5, 0.6) is 0 Å². The maximum absolute atomic E-state index is 12.5. The highest BCUT2D eigenvalue weighted by molar-refractivity contribution is 6.30. The summed E-state index contributed by atoms with van der Waals surface area (Å²) >= 11 is 5.87. The van der Waals surface area contributed by atoms with Crippen molar-refractivity contribution >= 4 is 23.4 Å². The number of carbonyl (C=O) groups excluding carboxylic acids is 2. The molecule has 2 atom stereocenters. The van der Waals surface area contributed by atoms with Gasteiger partial charge in [-0.2, -0.15) is 0 Å². The first-order valence-corrected chi connectivity index (χ1v) is 9.38. The van der Waals surface area contributed by atoms with E-state index < -0.39 is 0 Å². The second-order valence-corrected chi connectivity index (χ2v) is 7.76. The molecule has 0 saturated carbocycles. The van der Waals surface area contributed by atoms with E-state index in [0.29, 0.717) is 30.1 Å². The first-order valence-electron chi connectivity index (χ1n) is 9.00. The first kappa shape index (κ1) is 20.5. The fraction of sp³-hybridized carbons (Fsp3) is 0.500. The van der Waals surface area contributed by atoms with Crippen molar-refractivity contribution in [1.82, 2.24) is 15.5 Å². The molecule has 0 bridgehead atoms. The van der Waals surface area contributed by atoms with Crippen molar-refractivity contribution in [2.45, 2.75) is 52.2 Å². The predicted octanol–water partition coefficient (Wildman–Crippen LogP) is 3.00. The van der Waals surface area contributed by atoms with Crippen molar-refractivity contribution in [2.75, 3.05) is 13.1 Å². The van der Waals surface area contributed by atoms with Crippen LogP contribution >= 0.6 is 11.6 Å². The molecule has 26 heavy (non-hydrogen) atoms. The highest BCUT2D eigenvalue weighted by Crippen LogP contribution is 2.19. The summed E-state index contributed by atoms with van der Waals surface area (Å²) in [5.41, 5.74) is 1.78. The van der Waals surface area contributed by atoms with Gasteiger partial charge in [0.15, 0.2) is 0 Å². The molecular weight excluding hydrogens is 350 g/mol. The average molecular weight is 378 g/mol. The third-order valence-electron chi connectivity index (χ3n) is 4.31.